The van der Waals surface area contributed by atoms with Crippen LogP contribution < -0.4 is 10.1 Å². The van der Waals surface area contributed by atoms with E-state index >= 15 is 0 Å². The Kier molecular flexibility index (Phi) is 6.34. The van der Waals surface area contributed by atoms with Gasteiger partial charge in [-0.15, -0.1) is 0 Å². The molecule has 0 aliphatic heterocycles. The standard InChI is InChI=1S/C22H25N3O5/c1-12(2)29-19(26)11-18(15-6-8-16(28-5)9-7-15)24-21(27)17-10-13(3)23-22-20(17)14(4)25-30-22/h6-10,12,18H,11H2,1-5H3,(H,24,27)/t18-/m0/s1. The molecule has 0 fully saturated rings. The summed E-state index contributed by atoms with van der Waals surface area (Å²) in [6.07, 6.45) is -0.252. The fourth-order valence-electron chi connectivity index (χ4n) is 3.20. The monoisotopic (exact) mass is 411 g/mol. The van der Waals surface area contributed by atoms with Crippen molar-refractivity contribution in [2.24, 2.45) is 0 Å². The van der Waals surface area contributed by atoms with E-state index in [4.69, 9.17) is 14.0 Å². The smallest absolute Gasteiger partial charge is 0.308 e. The van der Waals surface area contributed by atoms with Crippen molar-refractivity contribution in [3.63, 3.8) is 0 Å². The van der Waals surface area contributed by atoms with Gasteiger partial charge in [-0.1, -0.05) is 17.3 Å². The molecule has 3 aromatic rings. The molecule has 0 saturated heterocycles. The highest BCUT2D eigenvalue weighted by Crippen LogP contribution is 2.25. The van der Waals surface area contributed by atoms with Gasteiger partial charge in [0.25, 0.3) is 11.6 Å². The Morgan fingerprint density at radius 1 is 1.17 bits per heavy atom. The van der Waals surface area contributed by atoms with Crippen LogP contribution in [0.4, 0.5) is 0 Å². The van der Waals surface area contributed by atoms with Crippen LogP contribution >= 0.6 is 0 Å². The Morgan fingerprint density at radius 2 is 1.87 bits per heavy atom. The zero-order valence-electron chi connectivity index (χ0n) is 17.7. The minimum absolute atomic E-state index is 0.00786. The number of nitrogens with one attached hydrogen (secondary N) is 1. The Morgan fingerprint density at radius 3 is 2.50 bits per heavy atom. The van der Waals surface area contributed by atoms with E-state index in [1.807, 2.05) is 12.1 Å². The van der Waals surface area contributed by atoms with Crippen LogP contribution in [0.2, 0.25) is 0 Å². The summed E-state index contributed by atoms with van der Waals surface area (Å²) in [5.41, 5.74) is 2.66. The van der Waals surface area contributed by atoms with Gasteiger partial charge in [0.2, 0.25) is 0 Å². The summed E-state index contributed by atoms with van der Waals surface area (Å²) in [5.74, 6) is -0.0709. The number of nitrogens with zero attached hydrogens (tertiary/aromatic N) is 2. The largest absolute Gasteiger partial charge is 0.497 e. The lowest BCUT2D eigenvalue weighted by Gasteiger charge is -2.20. The van der Waals surface area contributed by atoms with Crippen molar-refractivity contribution >= 4 is 23.0 Å². The van der Waals surface area contributed by atoms with Gasteiger partial charge in [-0.05, 0) is 51.5 Å². The van der Waals surface area contributed by atoms with Crippen molar-refractivity contribution in [2.75, 3.05) is 7.11 Å². The molecule has 1 atom stereocenters. The fraction of sp³-hybridized carbons (Fsp3) is 0.364. The number of carbonyl (C=O) groups is 2. The highest BCUT2D eigenvalue weighted by atomic mass is 16.5. The predicted molar refractivity (Wildman–Crippen MR) is 110 cm³/mol. The summed E-state index contributed by atoms with van der Waals surface area (Å²) in [6, 6.07) is 8.27. The molecule has 0 bridgehead atoms. The third kappa shape index (κ3) is 4.76. The first-order valence-corrected chi connectivity index (χ1v) is 9.66. The molecule has 0 spiro atoms. The number of benzene rings is 1. The molecule has 0 unspecified atom stereocenters. The molecule has 3 rings (SSSR count). The van der Waals surface area contributed by atoms with E-state index in [-0.39, 0.29) is 18.4 Å². The summed E-state index contributed by atoms with van der Waals surface area (Å²) in [6.45, 7) is 7.09. The van der Waals surface area contributed by atoms with Gasteiger partial charge >= 0.3 is 5.97 Å². The quantitative estimate of drug-likeness (QED) is 0.592. The highest BCUT2D eigenvalue weighted by molar-refractivity contribution is 6.06. The first-order valence-electron chi connectivity index (χ1n) is 9.66. The molecule has 0 aliphatic carbocycles. The fourth-order valence-corrected chi connectivity index (χ4v) is 3.20. The number of rotatable bonds is 7. The Bertz CT molecular complexity index is 1060. The van der Waals surface area contributed by atoms with Gasteiger partial charge in [-0.2, -0.15) is 0 Å². The average Bonchev–Trinajstić information content (AvgIpc) is 3.06. The molecule has 2 aromatic heterocycles. The van der Waals surface area contributed by atoms with Gasteiger partial charge < -0.3 is 19.3 Å². The molecule has 8 heteroatoms. The van der Waals surface area contributed by atoms with E-state index in [2.05, 4.69) is 15.5 Å². The SMILES string of the molecule is COc1ccc([C@H](CC(=O)OC(C)C)NC(=O)c2cc(C)nc3onc(C)c23)cc1. The van der Waals surface area contributed by atoms with Crippen molar-refractivity contribution in [1.82, 2.24) is 15.5 Å². The zero-order valence-corrected chi connectivity index (χ0v) is 17.7. The van der Waals surface area contributed by atoms with Crippen molar-refractivity contribution in [3.05, 3.63) is 52.8 Å². The molecule has 30 heavy (non-hydrogen) atoms. The molecule has 8 nitrogen and oxygen atoms in total. The predicted octanol–water partition coefficient (Wildman–Crippen LogP) is 3.66. The second kappa shape index (κ2) is 8.94. The lowest BCUT2D eigenvalue weighted by atomic mass is 10.0. The molecule has 1 N–H and O–H groups in total. The van der Waals surface area contributed by atoms with Gasteiger partial charge in [0.1, 0.15) is 5.75 Å². The number of hydrogen-bond acceptors (Lipinski definition) is 7. The van der Waals surface area contributed by atoms with Crippen LogP contribution in [0, 0.1) is 13.8 Å². The Balaban J connectivity index is 1.93. The molecule has 0 aliphatic rings. The zero-order chi connectivity index (χ0) is 21.8. The molecular formula is C22H25N3O5. The third-order valence-corrected chi connectivity index (χ3v) is 4.55. The van der Waals surface area contributed by atoms with Crippen LogP contribution in [0.5, 0.6) is 5.75 Å². The summed E-state index contributed by atoms with van der Waals surface area (Å²) in [7, 11) is 1.58. The van der Waals surface area contributed by atoms with Crippen LogP contribution in [0.25, 0.3) is 11.1 Å². The van der Waals surface area contributed by atoms with Gasteiger partial charge in [0.15, 0.2) is 0 Å². The molecule has 1 aromatic carbocycles. The van der Waals surface area contributed by atoms with E-state index in [1.165, 1.54) is 0 Å². The molecule has 158 valence electrons. The first kappa shape index (κ1) is 21.3. The van der Waals surface area contributed by atoms with E-state index in [1.54, 1.807) is 53.0 Å². The van der Waals surface area contributed by atoms with E-state index in [0.717, 1.165) is 5.56 Å². The average molecular weight is 411 g/mol. The summed E-state index contributed by atoms with van der Waals surface area (Å²) >= 11 is 0. The minimum atomic E-state index is -0.585. The highest BCUT2D eigenvalue weighted by Gasteiger charge is 2.24. The number of methoxy groups -OCH3 is 1. The molecule has 0 saturated carbocycles. The number of hydrogen-bond donors (Lipinski definition) is 1. The van der Waals surface area contributed by atoms with Crippen LogP contribution in [-0.4, -0.2) is 35.2 Å². The van der Waals surface area contributed by atoms with Crippen molar-refractivity contribution in [3.8, 4) is 5.75 Å². The van der Waals surface area contributed by atoms with Crippen molar-refractivity contribution in [2.45, 2.75) is 46.3 Å². The van der Waals surface area contributed by atoms with Gasteiger partial charge in [0.05, 0.1) is 42.3 Å². The Labute approximate surface area is 174 Å². The van der Waals surface area contributed by atoms with Gasteiger partial charge in [-0.3, -0.25) is 9.59 Å². The maximum atomic E-state index is 13.2. The number of ether oxygens (including phenoxy) is 2. The number of esters is 1. The van der Waals surface area contributed by atoms with E-state index < -0.39 is 12.0 Å². The van der Waals surface area contributed by atoms with Crippen LogP contribution in [0.15, 0.2) is 34.9 Å². The molecular weight excluding hydrogens is 386 g/mol. The van der Waals surface area contributed by atoms with Crippen LogP contribution in [0.1, 0.15) is 53.6 Å². The van der Waals surface area contributed by atoms with E-state index in [9.17, 15) is 9.59 Å². The van der Waals surface area contributed by atoms with Gasteiger partial charge in [0, 0.05) is 5.69 Å². The number of aromatic nitrogens is 2. The summed E-state index contributed by atoms with van der Waals surface area (Å²) < 4.78 is 15.7. The number of fused-ring (bicyclic) bond motifs is 1. The van der Waals surface area contributed by atoms with Crippen molar-refractivity contribution in [1.29, 1.82) is 0 Å². The van der Waals surface area contributed by atoms with Gasteiger partial charge in [-0.25, -0.2) is 4.98 Å². The topological polar surface area (TPSA) is 104 Å². The molecule has 1 amide bonds. The van der Waals surface area contributed by atoms with Crippen LogP contribution in [-0.2, 0) is 9.53 Å². The minimum Gasteiger partial charge on any atom is -0.497 e. The molecule has 2 heterocycles. The second-order valence-corrected chi connectivity index (χ2v) is 7.30. The summed E-state index contributed by atoms with van der Waals surface area (Å²) in [5, 5.41) is 7.41. The molecule has 0 radical (unpaired) electrons. The van der Waals surface area contributed by atoms with E-state index in [0.29, 0.717) is 33.8 Å². The number of amides is 1. The normalized spacial score (nSPS) is 12.1. The lowest BCUT2D eigenvalue weighted by molar-refractivity contribution is -0.147. The van der Waals surface area contributed by atoms with Crippen LogP contribution in [0.3, 0.4) is 0 Å². The second-order valence-electron chi connectivity index (χ2n) is 7.30. The number of aryl methyl sites for hydroxylation is 2. The van der Waals surface area contributed by atoms with Crippen molar-refractivity contribution < 1.29 is 23.6 Å². The number of carbonyl (C=O) groups excluding carboxylic acids is 2. The summed E-state index contributed by atoms with van der Waals surface area (Å²) in [4.78, 5) is 29.8. The lowest BCUT2D eigenvalue weighted by Crippen LogP contribution is -2.31. The maximum Gasteiger partial charge on any atom is 0.308 e. The number of pyridine rings is 1. The first-order chi connectivity index (χ1) is 14.3. The maximum absolute atomic E-state index is 13.2. The Hall–Kier alpha value is -3.42. The third-order valence-electron chi connectivity index (χ3n) is 4.55.